The molecule has 0 saturated carbocycles. The summed E-state index contributed by atoms with van der Waals surface area (Å²) in [6.45, 7) is 6.30. The average molecular weight is 204 g/mol. The fraction of sp³-hybridized carbons (Fsp3) is 1.00. The normalized spacial score (nSPS) is 39.7. The van der Waals surface area contributed by atoms with E-state index < -0.39 is 0 Å². The standard InChI is InChI=1S/C9H17N3.ClH/c1-2-12(8-4-11-5-8)9-6-10-3-7(1)9;/h7-11H,1-6H2;1H/t7-,9+;/m0./s1. The third-order valence-electron chi connectivity index (χ3n) is 3.72. The molecule has 0 aromatic carbocycles. The van der Waals surface area contributed by atoms with Gasteiger partial charge in [0.15, 0.2) is 0 Å². The van der Waals surface area contributed by atoms with Crippen LogP contribution in [0.5, 0.6) is 0 Å². The van der Waals surface area contributed by atoms with E-state index in [1.807, 2.05) is 0 Å². The van der Waals surface area contributed by atoms with E-state index in [1.54, 1.807) is 0 Å². The number of hydrogen-bond donors (Lipinski definition) is 2. The summed E-state index contributed by atoms with van der Waals surface area (Å²) < 4.78 is 0. The third-order valence-corrected chi connectivity index (χ3v) is 3.72. The number of nitrogens with one attached hydrogen (secondary N) is 2. The molecule has 76 valence electrons. The molecule has 3 heterocycles. The molecule has 0 aromatic rings. The Kier molecular flexibility index (Phi) is 2.79. The molecule has 0 unspecified atom stereocenters. The maximum atomic E-state index is 3.50. The summed E-state index contributed by atoms with van der Waals surface area (Å²) in [5.74, 6) is 0.964. The van der Waals surface area contributed by atoms with Crippen molar-refractivity contribution in [3.8, 4) is 0 Å². The molecule has 0 aliphatic carbocycles. The average Bonchev–Trinajstić information content (AvgIpc) is 2.48. The zero-order chi connectivity index (χ0) is 7.97. The van der Waals surface area contributed by atoms with Gasteiger partial charge in [0.25, 0.3) is 0 Å². The van der Waals surface area contributed by atoms with Gasteiger partial charge in [0.1, 0.15) is 0 Å². The van der Waals surface area contributed by atoms with Crippen molar-refractivity contribution in [1.29, 1.82) is 0 Å². The van der Waals surface area contributed by atoms with E-state index in [-0.39, 0.29) is 12.4 Å². The Morgan fingerprint density at radius 2 is 1.77 bits per heavy atom. The largest absolute Gasteiger partial charge is 0.315 e. The van der Waals surface area contributed by atoms with Gasteiger partial charge < -0.3 is 10.6 Å². The van der Waals surface area contributed by atoms with Crippen LogP contribution < -0.4 is 10.6 Å². The highest BCUT2D eigenvalue weighted by atomic mass is 35.5. The van der Waals surface area contributed by atoms with Crippen LogP contribution >= 0.6 is 12.4 Å². The van der Waals surface area contributed by atoms with Crippen LogP contribution in [0, 0.1) is 5.92 Å². The zero-order valence-corrected chi connectivity index (χ0v) is 8.65. The molecule has 2 atom stereocenters. The van der Waals surface area contributed by atoms with Gasteiger partial charge in [-0.05, 0) is 25.4 Å². The second-order valence-corrected chi connectivity index (χ2v) is 4.32. The fourth-order valence-corrected chi connectivity index (χ4v) is 2.84. The third kappa shape index (κ3) is 1.48. The molecule has 4 heteroatoms. The minimum Gasteiger partial charge on any atom is -0.315 e. The van der Waals surface area contributed by atoms with Gasteiger partial charge in [-0.2, -0.15) is 0 Å². The summed E-state index contributed by atoms with van der Waals surface area (Å²) in [5.41, 5.74) is 0. The summed E-state index contributed by atoms with van der Waals surface area (Å²) in [6.07, 6.45) is 1.42. The van der Waals surface area contributed by atoms with Crippen LogP contribution in [0.4, 0.5) is 0 Å². The van der Waals surface area contributed by atoms with Gasteiger partial charge in [-0.3, -0.25) is 4.90 Å². The van der Waals surface area contributed by atoms with Crippen LogP contribution in [0.25, 0.3) is 0 Å². The van der Waals surface area contributed by atoms with Crippen molar-refractivity contribution in [1.82, 2.24) is 15.5 Å². The van der Waals surface area contributed by atoms with E-state index in [0.29, 0.717) is 0 Å². The molecule has 0 radical (unpaired) electrons. The van der Waals surface area contributed by atoms with Crippen molar-refractivity contribution in [2.75, 3.05) is 32.7 Å². The molecule has 0 bridgehead atoms. The molecule has 3 saturated heterocycles. The monoisotopic (exact) mass is 203 g/mol. The van der Waals surface area contributed by atoms with Gasteiger partial charge >= 0.3 is 0 Å². The van der Waals surface area contributed by atoms with Gasteiger partial charge in [-0.1, -0.05) is 0 Å². The Morgan fingerprint density at radius 1 is 1.00 bits per heavy atom. The summed E-state index contributed by atoms with van der Waals surface area (Å²) in [5, 5.41) is 6.85. The number of rotatable bonds is 1. The minimum atomic E-state index is 0. The van der Waals surface area contributed by atoms with Gasteiger partial charge in [-0.25, -0.2) is 0 Å². The lowest BCUT2D eigenvalue weighted by molar-refractivity contribution is 0.132. The first-order chi connectivity index (χ1) is 5.95. The Morgan fingerprint density at radius 3 is 2.46 bits per heavy atom. The van der Waals surface area contributed by atoms with Crippen LogP contribution in [-0.2, 0) is 0 Å². The summed E-state index contributed by atoms with van der Waals surface area (Å²) in [7, 11) is 0. The van der Waals surface area contributed by atoms with Gasteiger partial charge in [0.05, 0.1) is 0 Å². The lowest BCUT2D eigenvalue weighted by Gasteiger charge is -2.38. The molecule has 0 spiro atoms. The summed E-state index contributed by atoms with van der Waals surface area (Å²) in [4.78, 5) is 2.72. The molecular weight excluding hydrogens is 186 g/mol. The van der Waals surface area contributed by atoms with Crippen LogP contribution in [0.3, 0.4) is 0 Å². The molecule has 3 rings (SSSR count). The Labute approximate surface area is 85.7 Å². The van der Waals surface area contributed by atoms with Crippen molar-refractivity contribution < 1.29 is 0 Å². The first kappa shape index (κ1) is 9.71. The molecule has 3 aliphatic rings. The van der Waals surface area contributed by atoms with E-state index in [4.69, 9.17) is 0 Å². The molecule has 3 fully saturated rings. The van der Waals surface area contributed by atoms with Crippen molar-refractivity contribution in [3.63, 3.8) is 0 Å². The highest BCUT2D eigenvalue weighted by molar-refractivity contribution is 5.85. The quantitative estimate of drug-likeness (QED) is 0.612. The molecule has 2 N–H and O–H groups in total. The maximum Gasteiger partial charge on any atom is 0.0348 e. The van der Waals surface area contributed by atoms with E-state index >= 15 is 0 Å². The Bertz CT molecular complexity index is 184. The fourth-order valence-electron chi connectivity index (χ4n) is 2.84. The van der Waals surface area contributed by atoms with Gasteiger partial charge in [0, 0.05) is 31.7 Å². The van der Waals surface area contributed by atoms with Crippen LogP contribution in [0.1, 0.15) is 6.42 Å². The summed E-state index contributed by atoms with van der Waals surface area (Å²) in [6, 6.07) is 1.73. The Hall–Kier alpha value is 0.170. The van der Waals surface area contributed by atoms with Crippen LogP contribution in [-0.4, -0.2) is 49.7 Å². The smallest absolute Gasteiger partial charge is 0.0348 e. The lowest BCUT2D eigenvalue weighted by atomic mass is 10.0. The topological polar surface area (TPSA) is 27.3 Å². The van der Waals surface area contributed by atoms with Crippen molar-refractivity contribution in [3.05, 3.63) is 0 Å². The molecule has 0 amide bonds. The number of fused-ring (bicyclic) bond motifs is 1. The number of nitrogens with zero attached hydrogens (tertiary/aromatic N) is 1. The molecular formula is C9H18ClN3. The van der Waals surface area contributed by atoms with E-state index in [2.05, 4.69) is 15.5 Å². The number of hydrogen-bond acceptors (Lipinski definition) is 3. The van der Waals surface area contributed by atoms with Crippen molar-refractivity contribution in [2.45, 2.75) is 18.5 Å². The molecule has 3 nitrogen and oxygen atoms in total. The minimum absolute atomic E-state index is 0. The lowest BCUT2D eigenvalue weighted by Crippen LogP contribution is -2.59. The molecule has 13 heavy (non-hydrogen) atoms. The molecule has 0 aromatic heterocycles. The highest BCUT2D eigenvalue weighted by Gasteiger charge is 2.41. The van der Waals surface area contributed by atoms with E-state index in [9.17, 15) is 0 Å². The zero-order valence-electron chi connectivity index (χ0n) is 7.83. The SMILES string of the molecule is C1NCC1N1CC[C@H]2CNC[C@H]21.Cl. The van der Waals surface area contributed by atoms with Gasteiger partial charge in [-0.15, -0.1) is 12.4 Å². The first-order valence-electron chi connectivity index (χ1n) is 5.12. The van der Waals surface area contributed by atoms with E-state index in [1.165, 1.54) is 39.1 Å². The summed E-state index contributed by atoms with van der Waals surface area (Å²) >= 11 is 0. The van der Waals surface area contributed by atoms with E-state index in [0.717, 1.165) is 18.0 Å². The first-order valence-corrected chi connectivity index (χ1v) is 5.12. The molecule has 3 aliphatic heterocycles. The van der Waals surface area contributed by atoms with Crippen LogP contribution in [0.2, 0.25) is 0 Å². The predicted octanol–water partition coefficient (Wildman–Crippen LogP) is -0.326. The highest BCUT2D eigenvalue weighted by Crippen LogP contribution is 2.29. The number of likely N-dealkylation sites (tertiary alicyclic amines) is 1. The van der Waals surface area contributed by atoms with Gasteiger partial charge in [0.2, 0.25) is 0 Å². The van der Waals surface area contributed by atoms with Crippen molar-refractivity contribution in [2.24, 2.45) is 5.92 Å². The second kappa shape index (κ2) is 3.73. The predicted molar refractivity (Wildman–Crippen MR) is 55.4 cm³/mol. The van der Waals surface area contributed by atoms with Crippen LogP contribution in [0.15, 0.2) is 0 Å². The maximum absolute atomic E-state index is 3.50. The second-order valence-electron chi connectivity index (χ2n) is 4.32. The number of halogens is 1. The van der Waals surface area contributed by atoms with Crippen molar-refractivity contribution >= 4 is 12.4 Å². The Balaban J connectivity index is 0.000000653.